The third-order valence-corrected chi connectivity index (χ3v) is 4.66. The van der Waals surface area contributed by atoms with Crippen molar-refractivity contribution in [3.8, 4) is 17.1 Å². The van der Waals surface area contributed by atoms with Crippen LogP contribution >= 0.6 is 22.9 Å². The summed E-state index contributed by atoms with van der Waals surface area (Å²) in [6.07, 6.45) is 2.02. The lowest BCUT2D eigenvalue weighted by Gasteiger charge is -2.10. The Bertz CT molecular complexity index is 914. The number of hydrogen-bond donors (Lipinski definition) is 0. The van der Waals surface area contributed by atoms with E-state index in [1.54, 1.807) is 24.4 Å². The molecule has 0 aliphatic carbocycles. The molecule has 0 amide bonds. The second-order valence-corrected chi connectivity index (χ2v) is 7.73. The van der Waals surface area contributed by atoms with Gasteiger partial charge in [0.05, 0.1) is 10.6 Å². The minimum absolute atomic E-state index is 0.103. The van der Waals surface area contributed by atoms with Gasteiger partial charge >= 0.3 is 0 Å². The van der Waals surface area contributed by atoms with Gasteiger partial charge in [-0.1, -0.05) is 31.5 Å². The lowest BCUT2D eigenvalue weighted by molar-refractivity contribution is 0.297. The van der Waals surface area contributed by atoms with Crippen molar-refractivity contribution in [1.82, 2.24) is 9.97 Å². The molecule has 0 unspecified atom stereocenters. The Labute approximate surface area is 159 Å². The fourth-order valence-electron chi connectivity index (χ4n) is 2.44. The topological polar surface area (TPSA) is 35.0 Å². The van der Waals surface area contributed by atoms with E-state index in [-0.39, 0.29) is 12.2 Å². The minimum Gasteiger partial charge on any atom is -0.472 e. The first-order valence-electron chi connectivity index (χ1n) is 7.90. The van der Waals surface area contributed by atoms with Crippen LogP contribution < -0.4 is 4.74 Å². The zero-order valence-corrected chi connectivity index (χ0v) is 15.8. The Balaban J connectivity index is 1.82. The highest BCUT2D eigenvalue weighted by Crippen LogP contribution is 2.27. The molecule has 3 nitrogen and oxygen atoms in total. The molecule has 7 heteroatoms. The number of nitrogens with zero attached hydrogens (tertiary/aromatic N) is 2. The fourth-order valence-corrected chi connectivity index (χ4v) is 3.33. The molecule has 2 aromatic heterocycles. The predicted molar refractivity (Wildman–Crippen MR) is 99.3 cm³/mol. The van der Waals surface area contributed by atoms with Crippen LogP contribution in [-0.4, -0.2) is 9.97 Å². The maximum atomic E-state index is 14.5. The summed E-state index contributed by atoms with van der Waals surface area (Å²) in [7, 11) is 0. The molecule has 0 fully saturated rings. The highest BCUT2D eigenvalue weighted by atomic mass is 35.5. The molecule has 0 aliphatic rings. The van der Waals surface area contributed by atoms with E-state index in [4.69, 9.17) is 16.3 Å². The largest absolute Gasteiger partial charge is 0.472 e. The van der Waals surface area contributed by atoms with Gasteiger partial charge in [0.15, 0.2) is 4.47 Å². The van der Waals surface area contributed by atoms with E-state index in [9.17, 15) is 8.78 Å². The molecule has 26 heavy (non-hydrogen) atoms. The van der Waals surface area contributed by atoms with Crippen LogP contribution in [0.1, 0.15) is 24.3 Å². The Morgan fingerprint density at radius 1 is 1.19 bits per heavy atom. The summed E-state index contributed by atoms with van der Waals surface area (Å²) in [5.41, 5.74) is 0.747. The van der Waals surface area contributed by atoms with Gasteiger partial charge in [-0.3, -0.25) is 0 Å². The van der Waals surface area contributed by atoms with Gasteiger partial charge in [-0.05, 0) is 36.1 Å². The molecule has 0 saturated heterocycles. The van der Waals surface area contributed by atoms with Crippen LogP contribution in [0.25, 0.3) is 11.3 Å². The summed E-state index contributed by atoms with van der Waals surface area (Å²) in [6, 6.07) is 7.37. The van der Waals surface area contributed by atoms with E-state index in [1.807, 2.05) is 13.8 Å². The van der Waals surface area contributed by atoms with Crippen molar-refractivity contribution < 1.29 is 13.5 Å². The van der Waals surface area contributed by atoms with Gasteiger partial charge in [0.2, 0.25) is 5.88 Å². The van der Waals surface area contributed by atoms with Crippen molar-refractivity contribution in [2.24, 2.45) is 0 Å². The number of ether oxygens (including phenoxy) is 1. The lowest BCUT2D eigenvalue weighted by atomic mass is 9.99. The highest BCUT2D eigenvalue weighted by Gasteiger charge is 2.14. The van der Waals surface area contributed by atoms with E-state index in [0.29, 0.717) is 28.0 Å². The molecular formula is C19H16ClF2N2OS. The summed E-state index contributed by atoms with van der Waals surface area (Å²) in [6.45, 7) is 4.01. The maximum Gasteiger partial charge on any atom is 0.214 e. The van der Waals surface area contributed by atoms with Crippen molar-refractivity contribution in [1.29, 1.82) is 0 Å². The molecule has 0 bridgehead atoms. The quantitative estimate of drug-likeness (QED) is 0.525. The van der Waals surface area contributed by atoms with Gasteiger partial charge in [0, 0.05) is 17.8 Å². The zero-order chi connectivity index (χ0) is 18.7. The fraction of sp³-hybridized carbons (Fsp3) is 0.211. The molecule has 0 atom stereocenters. The second kappa shape index (κ2) is 8.10. The van der Waals surface area contributed by atoms with Gasteiger partial charge in [-0.25, -0.2) is 18.7 Å². The van der Waals surface area contributed by atoms with Crippen molar-refractivity contribution in [2.45, 2.75) is 26.9 Å². The predicted octanol–water partition coefficient (Wildman–Crippen LogP) is 5.87. The maximum absolute atomic E-state index is 14.5. The van der Waals surface area contributed by atoms with Crippen LogP contribution in [0.5, 0.6) is 5.88 Å². The summed E-state index contributed by atoms with van der Waals surface area (Å²) in [4.78, 5) is 9.05. The van der Waals surface area contributed by atoms with Crippen LogP contribution in [0.3, 0.4) is 0 Å². The van der Waals surface area contributed by atoms with Gasteiger partial charge in [-0.2, -0.15) is 0 Å². The molecule has 3 rings (SSSR count). The number of rotatable bonds is 6. The number of pyridine rings is 1. The van der Waals surface area contributed by atoms with Crippen LogP contribution in [0.15, 0.2) is 36.5 Å². The molecule has 0 spiro atoms. The molecule has 1 aromatic carbocycles. The smallest absolute Gasteiger partial charge is 0.214 e. The highest BCUT2D eigenvalue weighted by molar-refractivity contribution is 7.15. The summed E-state index contributed by atoms with van der Waals surface area (Å²) < 4.78 is 34.8. The SMILES string of the molecule is C[C](C)Cc1cc(F)c(-c2cccc(OCc3cnc(Cl)s3)n2)cc1F. The van der Waals surface area contributed by atoms with Crippen molar-refractivity contribution >= 4 is 22.9 Å². The van der Waals surface area contributed by atoms with Crippen molar-refractivity contribution in [3.05, 3.63) is 69.0 Å². The second-order valence-electron chi connectivity index (χ2n) is 6.04. The van der Waals surface area contributed by atoms with Gasteiger partial charge in [-0.15, -0.1) is 11.3 Å². The number of benzene rings is 1. The first-order chi connectivity index (χ1) is 12.4. The van der Waals surface area contributed by atoms with E-state index in [1.165, 1.54) is 23.5 Å². The molecule has 0 saturated carbocycles. The van der Waals surface area contributed by atoms with Crippen LogP contribution in [0.2, 0.25) is 4.47 Å². The molecule has 0 aliphatic heterocycles. The van der Waals surface area contributed by atoms with E-state index < -0.39 is 11.6 Å². The number of hydrogen-bond acceptors (Lipinski definition) is 4. The number of aromatic nitrogens is 2. The van der Waals surface area contributed by atoms with Crippen molar-refractivity contribution in [3.63, 3.8) is 0 Å². The monoisotopic (exact) mass is 393 g/mol. The Hall–Kier alpha value is -2.05. The van der Waals surface area contributed by atoms with Gasteiger partial charge in [0.25, 0.3) is 0 Å². The first-order valence-corrected chi connectivity index (χ1v) is 9.09. The Morgan fingerprint density at radius 2 is 2.00 bits per heavy atom. The van der Waals surface area contributed by atoms with E-state index in [2.05, 4.69) is 9.97 Å². The van der Waals surface area contributed by atoms with Crippen LogP contribution in [0.4, 0.5) is 8.78 Å². The number of halogens is 3. The minimum atomic E-state index is -0.512. The average Bonchev–Trinajstić information content (AvgIpc) is 3.01. The molecule has 1 radical (unpaired) electrons. The first kappa shape index (κ1) is 18.7. The third-order valence-electron chi connectivity index (χ3n) is 3.57. The standard InChI is InChI=1S/C19H16ClF2N2OS/c1-11(2)6-12-7-16(22)14(8-15(12)21)17-4-3-5-18(24-17)25-10-13-9-23-19(20)26-13/h3-5,7-9H,6,10H2,1-2H3. The van der Waals surface area contributed by atoms with Gasteiger partial charge < -0.3 is 4.74 Å². The van der Waals surface area contributed by atoms with E-state index >= 15 is 0 Å². The molecule has 135 valence electrons. The molecule has 2 heterocycles. The number of thiazole rings is 1. The molecule has 0 N–H and O–H groups in total. The normalized spacial score (nSPS) is 11.2. The lowest BCUT2D eigenvalue weighted by Crippen LogP contribution is -2.00. The molecule has 3 aromatic rings. The Kier molecular flexibility index (Phi) is 5.84. The summed E-state index contributed by atoms with van der Waals surface area (Å²) in [5, 5.41) is 0. The Morgan fingerprint density at radius 3 is 2.69 bits per heavy atom. The summed E-state index contributed by atoms with van der Waals surface area (Å²) in [5.74, 6) is 0.359. The van der Waals surface area contributed by atoms with Crippen LogP contribution in [-0.2, 0) is 13.0 Å². The van der Waals surface area contributed by atoms with Crippen molar-refractivity contribution in [2.75, 3.05) is 0 Å². The third kappa shape index (κ3) is 4.56. The zero-order valence-electron chi connectivity index (χ0n) is 14.2. The molecular weight excluding hydrogens is 378 g/mol. The summed E-state index contributed by atoms with van der Waals surface area (Å²) >= 11 is 7.09. The van der Waals surface area contributed by atoms with E-state index in [0.717, 1.165) is 10.8 Å². The van der Waals surface area contributed by atoms with Gasteiger partial charge in [0.1, 0.15) is 18.2 Å². The average molecular weight is 394 g/mol. The van der Waals surface area contributed by atoms with Crippen LogP contribution in [0, 0.1) is 17.6 Å².